The Morgan fingerprint density at radius 1 is 1.07 bits per heavy atom. The molecule has 2 rings (SSSR count). The number of rotatable bonds is 6. The highest BCUT2D eigenvalue weighted by atomic mass is 127. The number of guanidine groups is 1. The van der Waals surface area contributed by atoms with Crippen molar-refractivity contribution in [2.75, 3.05) is 66.0 Å². The summed E-state index contributed by atoms with van der Waals surface area (Å²) >= 11 is 0. The number of piperazine rings is 1. The topological polar surface area (TPSA) is 60.4 Å². The largest absolute Gasteiger partial charge is 0.450 e. The summed E-state index contributed by atoms with van der Waals surface area (Å²) in [5, 5.41) is 3.49. The number of carbonyl (C=O) groups excluding carboxylic acids is 1. The van der Waals surface area contributed by atoms with E-state index in [4.69, 9.17) is 4.74 Å². The van der Waals surface area contributed by atoms with E-state index < -0.39 is 0 Å². The van der Waals surface area contributed by atoms with E-state index in [1.54, 1.807) is 4.90 Å². The zero-order valence-corrected chi connectivity index (χ0v) is 20.5. The molecule has 2 atom stereocenters. The van der Waals surface area contributed by atoms with Crippen molar-refractivity contribution in [3.63, 3.8) is 0 Å². The summed E-state index contributed by atoms with van der Waals surface area (Å²) in [5.74, 6) is 2.61. The lowest BCUT2D eigenvalue weighted by Crippen LogP contribution is -2.54. The van der Waals surface area contributed by atoms with Crippen LogP contribution in [0.5, 0.6) is 0 Å². The van der Waals surface area contributed by atoms with Gasteiger partial charge in [-0.25, -0.2) is 4.79 Å². The first-order valence-electron chi connectivity index (χ1n) is 10.6. The second-order valence-electron chi connectivity index (χ2n) is 8.06. The van der Waals surface area contributed by atoms with Crippen LogP contribution in [0.25, 0.3) is 0 Å². The maximum Gasteiger partial charge on any atom is 0.409 e. The van der Waals surface area contributed by atoms with Crippen molar-refractivity contribution in [1.29, 1.82) is 0 Å². The van der Waals surface area contributed by atoms with E-state index >= 15 is 0 Å². The summed E-state index contributed by atoms with van der Waals surface area (Å²) in [6.45, 7) is 14.6. The van der Waals surface area contributed by atoms with E-state index in [9.17, 15) is 4.79 Å². The molecule has 2 aliphatic rings. The normalized spacial score (nSPS) is 23.9. The Balaban J connectivity index is 0.00000392. The number of piperidine rings is 1. The van der Waals surface area contributed by atoms with Gasteiger partial charge in [-0.1, -0.05) is 13.8 Å². The van der Waals surface area contributed by atoms with Gasteiger partial charge in [-0.15, -0.1) is 24.0 Å². The third-order valence-corrected chi connectivity index (χ3v) is 5.45. The maximum absolute atomic E-state index is 11.8. The Labute approximate surface area is 188 Å². The summed E-state index contributed by atoms with van der Waals surface area (Å²) in [6, 6.07) is 0. The molecule has 7 nitrogen and oxygen atoms in total. The molecule has 0 bridgehead atoms. The van der Waals surface area contributed by atoms with Crippen LogP contribution in [-0.2, 0) is 4.74 Å². The number of nitrogens with one attached hydrogen (secondary N) is 1. The third kappa shape index (κ3) is 8.31. The summed E-state index contributed by atoms with van der Waals surface area (Å²) in [4.78, 5) is 22.8. The first-order chi connectivity index (χ1) is 13.0. The fraction of sp³-hybridized carbons (Fsp3) is 0.900. The Morgan fingerprint density at radius 2 is 1.68 bits per heavy atom. The molecule has 0 aliphatic carbocycles. The molecule has 0 spiro atoms. The van der Waals surface area contributed by atoms with E-state index in [1.807, 2.05) is 14.0 Å². The number of unbranched alkanes of at least 4 members (excludes halogenated alkanes) is 1. The van der Waals surface area contributed by atoms with E-state index in [0.717, 1.165) is 43.9 Å². The average molecular weight is 509 g/mol. The predicted octanol–water partition coefficient (Wildman–Crippen LogP) is 2.71. The molecule has 1 amide bonds. The molecule has 0 aromatic carbocycles. The zero-order chi connectivity index (χ0) is 19.6. The highest BCUT2D eigenvalue weighted by Crippen LogP contribution is 2.20. The lowest BCUT2D eigenvalue weighted by molar-refractivity contribution is 0.0914. The Morgan fingerprint density at radius 3 is 2.25 bits per heavy atom. The van der Waals surface area contributed by atoms with Gasteiger partial charge in [0.2, 0.25) is 0 Å². The molecule has 2 aliphatic heterocycles. The van der Waals surface area contributed by atoms with Crippen LogP contribution in [0.3, 0.4) is 0 Å². The number of likely N-dealkylation sites (tertiary alicyclic amines) is 1. The van der Waals surface area contributed by atoms with Crippen molar-refractivity contribution in [2.45, 2.75) is 40.0 Å². The Hall–Kier alpha value is -0.770. The van der Waals surface area contributed by atoms with E-state index in [0.29, 0.717) is 19.7 Å². The van der Waals surface area contributed by atoms with E-state index in [1.165, 1.54) is 32.5 Å². The molecule has 0 aromatic heterocycles. The SMILES string of the molecule is CCOC(=O)N1CCN(C(=NC)NCCCCN2CC(C)CC(C)C2)CC1.I. The minimum Gasteiger partial charge on any atom is -0.450 e. The minimum absolute atomic E-state index is 0. The quantitative estimate of drug-likeness (QED) is 0.258. The number of hydrogen-bond donors (Lipinski definition) is 1. The number of aliphatic imine (C=N–C) groups is 1. The minimum atomic E-state index is -0.207. The van der Waals surface area contributed by atoms with Gasteiger partial charge < -0.3 is 24.8 Å². The molecule has 2 fully saturated rings. The van der Waals surface area contributed by atoms with Crippen molar-refractivity contribution in [3.05, 3.63) is 0 Å². The summed E-state index contributed by atoms with van der Waals surface area (Å²) in [5.41, 5.74) is 0. The average Bonchev–Trinajstić information content (AvgIpc) is 2.64. The van der Waals surface area contributed by atoms with Gasteiger partial charge in [0.1, 0.15) is 0 Å². The van der Waals surface area contributed by atoms with E-state index in [2.05, 4.69) is 34.0 Å². The third-order valence-electron chi connectivity index (χ3n) is 5.45. The fourth-order valence-corrected chi connectivity index (χ4v) is 4.28. The van der Waals surface area contributed by atoms with Gasteiger partial charge in [0.15, 0.2) is 5.96 Å². The number of nitrogens with zero attached hydrogens (tertiary/aromatic N) is 4. The molecule has 0 aromatic rings. The Bertz CT molecular complexity index is 473. The molecule has 28 heavy (non-hydrogen) atoms. The summed E-state index contributed by atoms with van der Waals surface area (Å²) in [7, 11) is 1.83. The first-order valence-corrected chi connectivity index (χ1v) is 10.6. The summed E-state index contributed by atoms with van der Waals surface area (Å²) < 4.78 is 5.08. The predicted molar refractivity (Wildman–Crippen MR) is 126 cm³/mol. The van der Waals surface area contributed by atoms with Crippen LogP contribution in [0, 0.1) is 11.8 Å². The molecule has 2 unspecified atom stereocenters. The molecule has 0 saturated carbocycles. The van der Waals surface area contributed by atoms with Gasteiger partial charge in [0.05, 0.1) is 6.61 Å². The monoisotopic (exact) mass is 509 g/mol. The van der Waals surface area contributed by atoms with E-state index in [-0.39, 0.29) is 30.1 Å². The van der Waals surface area contributed by atoms with Gasteiger partial charge in [-0.2, -0.15) is 0 Å². The van der Waals surface area contributed by atoms with Crippen LogP contribution in [0.2, 0.25) is 0 Å². The van der Waals surface area contributed by atoms with Crippen LogP contribution in [0.4, 0.5) is 4.79 Å². The smallest absolute Gasteiger partial charge is 0.409 e. The van der Waals surface area contributed by atoms with Gasteiger partial charge in [-0.3, -0.25) is 4.99 Å². The van der Waals surface area contributed by atoms with Crippen molar-refractivity contribution in [2.24, 2.45) is 16.8 Å². The highest BCUT2D eigenvalue weighted by Gasteiger charge is 2.24. The number of halogens is 1. The van der Waals surface area contributed by atoms with Crippen molar-refractivity contribution < 1.29 is 9.53 Å². The van der Waals surface area contributed by atoms with Gasteiger partial charge in [0.25, 0.3) is 0 Å². The number of hydrogen-bond acceptors (Lipinski definition) is 4. The molecular formula is C20H40IN5O2. The second kappa shape index (κ2) is 13.5. The molecule has 2 heterocycles. The van der Waals surface area contributed by atoms with Crippen LogP contribution >= 0.6 is 24.0 Å². The number of carbonyl (C=O) groups is 1. The highest BCUT2D eigenvalue weighted by molar-refractivity contribution is 14.0. The molecule has 0 radical (unpaired) electrons. The standard InChI is InChI=1S/C20H39N5O2.HI/c1-5-27-20(26)25-12-10-24(11-13-25)19(21-4)22-8-6-7-9-23-15-17(2)14-18(3)16-23;/h17-18H,5-16H2,1-4H3,(H,21,22);1H. The Kier molecular flexibility index (Phi) is 12.1. The lowest BCUT2D eigenvalue weighted by Gasteiger charge is -2.36. The fourth-order valence-electron chi connectivity index (χ4n) is 4.28. The molecule has 2 saturated heterocycles. The summed E-state index contributed by atoms with van der Waals surface area (Å²) in [6.07, 6.45) is 3.54. The van der Waals surface area contributed by atoms with Crippen LogP contribution in [-0.4, -0.2) is 92.8 Å². The van der Waals surface area contributed by atoms with Crippen molar-refractivity contribution >= 4 is 36.0 Å². The zero-order valence-electron chi connectivity index (χ0n) is 18.2. The molecule has 164 valence electrons. The maximum atomic E-state index is 11.8. The van der Waals surface area contributed by atoms with Crippen LogP contribution in [0.1, 0.15) is 40.0 Å². The lowest BCUT2D eigenvalue weighted by atomic mass is 9.92. The molecule has 8 heteroatoms. The first kappa shape index (κ1) is 25.3. The number of amides is 1. The van der Waals surface area contributed by atoms with Crippen LogP contribution in [0.15, 0.2) is 4.99 Å². The van der Waals surface area contributed by atoms with Gasteiger partial charge >= 0.3 is 6.09 Å². The molecular weight excluding hydrogens is 469 g/mol. The van der Waals surface area contributed by atoms with Gasteiger partial charge in [0, 0.05) is 52.9 Å². The van der Waals surface area contributed by atoms with Crippen LogP contribution < -0.4 is 5.32 Å². The number of ether oxygens (including phenoxy) is 1. The van der Waals surface area contributed by atoms with Crippen molar-refractivity contribution in [3.8, 4) is 0 Å². The van der Waals surface area contributed by atoms with Gasteiger partial charge in [-0.05, 0) is 44.6 Å². The van der Waals surface area contributed by atoms with Crippen molar-refractivity contribution in [1.82, 2.24) is 20.0 Å². The molecule has 1 N–H and O–H groups in total. The second-order valence-corrected chi connectivity index (χ2v) is 8.06.